The summed E-state index contributed by atoms with van der Waals surface area (Å²) in [5.74, 6) is 0.134. The van der Waals surface area contributed by atoms with Gasteiger partial charge in [-0.1, -0.05) is 0 Å². The van der Waals surface area contributed by atoms with Crippen molar-refractivity contribution in [3.63, 3.8) is 0 Å². The fraction of sp³-hybridized carbons (Fsp3) is 0.385. The van der Waals surface area contributed by atoms with E-state index in [4.69, 9.17) is 0 Å². The first-order valence-electron chi connectivity index (χ1n) is 5.68. The van der Waals surface area contributed by atoms with Gasteiger partial charge in [0.1, 0.15) is 5.82 Å². The van der Waals surface area contributed by atoms with Crippen LogP contribution in [0.15, 0.2) is 18.2 Å². The van der Waals surface area contributed by atoms with Gasteiger partial charge in [-0.25, -0.2) is 4.39 Å². The van der Waals surface area contributed by atoms with E-state index < -0.39 is 0 Å². The topological polar surface area (TPSA) is 36.0 Å². The van der Waals surface area contributed by atoms with Crippen molar-refractivity contribution in [1.29, 1.82) is 0 Å². The smallest absolute Gasteiger partial charge is 0.123 e. The number of aliphatic hydroxyl groups is 1. The number of aromatic nitrogens is 1. The highest BCUT2D eigenvalue weighted by Gasteiger charge is 2.21. The minimum absolute atomic E-state index is 0.194. The normalized spacial score (nSPS) is 20.0. The van der Waals surface area contributed by atoms with E-state index in [0.29, 0.717) is 5.92 Å². The molecule has 1 aromatic heterocycles. The first-order valence-corrected chi connectivity index (χ1v) is 5.68. The van der Waals surface area contributed by atoms with Gasteiger partial charge in [-0.05, 0) is 48.9 Å². The molecule has 0 saturated heterocycles. The van der Waals surface area contributed by atoms with Crippen molar-refractivity contribution in [3.05, 3.63) is 35.3 Å². The second kappa shape index (κ2) is 3.59. The van der Waals surface area contributed by atoms with Gasteiger partial charge in [0.05, 0.1) is 0 Å². The molecule has 1 aliphatic rings. The molecule has 0 radical (unpaired) electrons. The monoisotopic (exact) mass is 219 g/mol. The molecular weight excluding hydrogens is 205 g/mol. The second-order valence-electron chi connectivity index (χ2n) is 4.56. The van der Waals surface area contributed by atoms with Crippen LogP contribution in [0.5, 0.6) is 0 Å². The summed E-state index contributed by atoms with van der Waals surface area (Å²) in [6.45, 7) is 0.224. The molecule has 0 saturated carbocycles. The summed E-state index contributed by atoms with van der Waals surface area (Å²) in [7, 11) is 0. The number of hydrogen-bond acceptors (Lipinski definition) is 1. The lowest BCUT2D eigenvalue weighted by molar-refractivity contribution is 0.213. The Bertz CT molecular complexity index is 532. The number of hydrogen-bond donors (Lipinski definition) is 2. The molecule has 0 spiro atoms. The van der Waals surface area contributed by atoms with Gasteiger partial charge in [0, 0.05) is 23.2 Å². The molecule has 16 heavy (non-hydrogen) atoms. The standard InChI is InChI=1S/C13H14FNO/c14-9-2-4-13-11(6-9)10-5-8(7-16)1-3-12(10)15-13/h2,4,6,8,15-16H,1,3,5,7H2. The molecule has 1 unspecified atom stereocenters. The molecule has 2 nitrogen and oxygen atoms in total. The molecule has 0 bridgehead atoms. The number of rotatable bonds is 1. The van der Waals surface area contributed by atoms with Gasteiger partial charge < -0.3 is 10.1 Å². The van der Waals surface area contributed by atoms with Crippen LogP contribution in [0.25, 0.3) is 10.9 Å². The van der Waals surface area contributed by atoms with Crippen molar-refractivity contribution in [3.8, 4) is 0 Å². The minimum atomic E-state index is -0.194. The fourth-order valence-corrected chi connectivity index (χ4v) is 2.62. The van der Waals surface area contributed by atoms with Gasteiger partial charge in [0.15, 0.2) is 0 Å². The van der Waals surface area contributed by atoms with Crippen molar-refractivity contribution in [2.24, 2.45) is 5.92 Å². The summed E-state index contributed by atoms with van der Waals surface area (Å²) in [5.41, 5.74) is 3.41. The van der Waals surface area contributed by atoms with E-state index in [1.165, 1.54) is 17.3 Å². The summed E-state index contributed by atoms with van der Waals surface area (Å²) in [4.78, 5) is 3.34. The Labute approximate surface area is 93.1 Å². The molecule has 0 aliphatic heterocycles. The Kier molecular flexibility index (Phi) is 2.21. The maximum atomic E-state index is 13.2. The maximum absolute atomic E-state index is 13.2. The van der Waals surface area contributed by atoms with Crippen LogP contribution in [0.2, 0.25) is 0 Å². The van der Waals surface area contributed by atoms with Crippen molar-refractivity contribution in [2.45, 2.75) is 19.3 Å². The zero-order valence-corrected chi connectivity index (χ0v) is 8.96. The van der Waals surface area contributed by atoms with Crippen molar-refractivity contribution >= 4 is 10.9 Å². The summed E-state index contributed by atoms with van der Waals surface area (Å²) in [6.07, 6.45) is 2.82. The van der Waals surface area contributed by atoms with Crippen molar-refractivity contribution in [2.75, 3.05) is 6.61 Å². The molecule has 3 rings (SSSR count). The lowest BCUT2D eigenvalue weighted by Gasteiger charge is -2.20. The molecule has 2 aromatic rings. The number of aromatic amines is 1. The van der Waals surface area contributed by atoms with E-state index in [-0.39, 0.29) is 12.4 Å². The van der Waals surface area contributed by atoms with Gasteiger partial charge >= 0.3 is 0 Å². The van der Waals surface area contributed by atoms with Gasteiger partial charge in [-0.15, -0.1) is 0 Å². The summed E-state index contributed by atoms with van der Waals surface area (Å²) >= 11 is 0. The molecule has 1 aliphatic carbocycles. The van der Waals surface area contributed by atoms with Crippen LogP contribution in [-0.2, 0) is 12.8 Å². The molecule has 3 heteroatoms. The quantitative estimate of drug-likeness (QED) is 0.759. The van der Waals surface area contributed by atoms with E-state index in [1.54, 1.807) is 12.1 Å². The van der Waals surface area contributed by atoms with Crippen LogP contribution in [-0.4, -0.2) is 16.7 Å². The van der Waals surface area contributed by atoms with Crippen LogP contribution in [0.4, 0.5) is 4.39 Å². The van der Waals surface area contributed by atoms with Crippen molar-refractivity contribution in [1.82, 2.24) is 4.98 Å². The number of aryl methyl sites for hydroxylation is 1. The molecule has 0 amide bonds. The average Bonchev–Trinajstić information content (AvgIpc) is 2.66. The summed E-state index contributed by atoms with van der Waals surface area (Å²) in [5, 5.41) is 10.2. The highest BCUT2D eigenvalue weighted by molar-refractivity contribution is 5.85. The summed E-state index contributed by atoms with van der Waals surface area (Å²) < 4.78 is 13.2. The number of halogens is 1. The Morgan fingerprint density at radius 1 is 1.44 bits per heavy atom. The predicted molar refractivity (Wildman–Crippen MR) is 60.9 cm³/mol. The molecule has 2 N–H and O–H groups in total. The van der Waals surface area contributed by atoms with Gasteiger partial charge in [-0.2, -0.15) is 0 Å². The third-order valence-corrected chi connectivity index (χ3v) is 3.51. The highest BCUT2D eigenvalue weighted by Crippen LogP contribution is 2.31. The van der Waals surface area contributed by atoms with Crippen LogP contribution in [0.1, 0.15) is 17.7 Å². The number of nitrogens with one attached hydrogen (secondary N) is 1. The lowest BCUT2D eigenvalue weighted by Crippen LogP contribution is -2.16. The maximum Gasteiger partial charge on any atom is 0.123 e. The largest absolute Gasteiger partial charge is 0.396 e. The van der Waals surface area contributed by atoms with Crippen LogP contribution in [0.3, 0.4) is 0 Å². The van der Waals surface area contributed by atoms with Gasteiger partial charge in [0.2, 0.25) is 0 Å². The Morgan fingerprint density at radius 2 is 2.31 bits per heavy atom. The van der Waals surface area contributed by atoms with E-state index in [1.807, 2.05) is 0 Å². The molecule has 1 aromatic carbocycles. The average molecular weight is 219 g/mol. The predicted octanol–water partition coefficient (Wildman–Crippen LogP) is 2.40. The van der Waals surface area contributed by atoms with E-state index in [9.17, 15) is 9.50 Å². The van der Waals surface area contributed by atoms with Gasteiger partial charge in [-0.3, -0.25) is 0 Å². The Balaban J connectivity index is 2.15. The molecular formula is C13H14FNO. The summed E-state index contributed by atoms with van der Waals surface area (Å²) in [6, 6.07) is 4.86. The number of H-pyrrole nitrogens is 1. The lowest BCUT2D eigenvalue weighted by atomic mass is 9.87. The van der Waals surface area contributed by atoms with E-state index >= 15 is 0 Å². The molecule has 0 fully saturated rings. The molecule has 1 heterocycles. The van der Waals surface area contributed by atoms with E-state index in [0.717, 1.165) is 30.2 Å². The zero-order chi connectivity index (χ0) is 11.1. The second-order valence-corrected chi connectivity index (χ2v) is 4.56. The van der Waals surface area contributed by atoms with Crippen LogP contribution >= 0.6 is 0 Å². The first-order chi connectivity index (χ1) is 7.78. The number of fused-ring (bicyclic) bond motifs is 3. The zero-order valence-electron chi connectivity index (χ0n) is 8.96. The fourth-order valence-electron chi connectivity index (χ4n) is 2.62. The van der Waals surface area contributed by atoms with E-state index in [2.05, 4.69) is 4.98 Å². The molecule has 1 atom stereocenters. The van der Waals surface area contributed by atoms with Crippen LogP contribution in [0, 0.1) is 11.7 Å². The number of aliphatic hydroxyl groups excluding tert-OH is 1. The third kappa shape index (κ3) is 1.43. The van der Waals surface area contributed by atoms with Crippen LogP contribution < -0.4 is 0 Å². The Morgan fingerprint density at radius 3 is 3.12 bits per heavy atom. The first kappa shape index (κ1) is 9.85. The minimum Gasteiger partial charge on any atom is -0.396 e. The SMILES string of the molecule is OCC1CCc2[nH]c3ccc(F)cc3c2C1. The molecule has 84 valence electrons. The third-order valence-electron chi connectivity index (χ3n) is 3.51. The number of benzene rings is 1. The highest BCUT2D eigenvalue weighted by atomic mass is 19.1. The van der Waals surface area contributed by atoms with Crippen molar-refractivity contribution < 1.29 is 9.50 Å². The Hall–Kier alpha value is -1.35. The van der Waals surface area contributed by atoms with Gasteiger partial charge in [0.25, 0.3) is 0 Å².